The Kier molecular flexibility index (Phi) is 33.0. The van der Waals surface area contributed by atoms with Gasteiger partial charge < -0.3 is 32.4 Å². The zero-order valence-corrected chi connectivity index (χ0v) is 23.4. The molecule has 0 amide bonds. The first-order chi connectivity index (χ1) is 15.9. The lowest BCUT2D eigenvalue weighted by atomic mass is 10.1. The summed E-state index contributed by atoms with van der Waals surface area (Å²) in [6, 6.07) is -1.60. The van der Waals surface area contributed by atoms with Gasteiger partial charge in [-0.2, -0.15) is 25.3 Å². The van der Waals surface area contributed by atoms with Crippen LogP contribution in [0.4, 0.5) is 0 Å². The molecule has 10 nitrogen and oxygen atoms in total. The number of Topliss-reactive ketones (excluding diaryl/α,β-unsaturated/α-hetero) is 2. The number of hydrogen-bond acceptors (Lipinski definition) is 12. The van der Waals surface area contributed by atoms with Gasteiger partial charge >= 0.3 is 11.9 Å². The number of rotatable bonds is 12. The van der Waals surface area contributed by atoms with Gasteiger partial charge in [0.15, 0.2) is 0 Å². The molecule has 4 atom stereocenters. The van der Waals surface area contributed by atoms with Gasteiger partial charge in [0.1, 0.15) is 23.7 Å². The van der Waals surface area contributed by atoms with Crippen LogP contribution in [-0.4, -0.2) is 72.4 Å². The number of ether oxygens (including phenoxy) is 2. The Morgan fingerprint density at radius 2 is 0.912 bits per heavy atom. The molecule has 8 N–H and O–H groups in total. The van der Waals surface area contributed by atoms with Crippen molar-refractivity contribution in [2.45, 2.75) is 91.4 Å². The van der Waals surface area contributed by atoms with Gasteiger partial charge in [-0.05, 0) is 26.7 Å². The molecule has 0 saturated heterocycles. The van der Waals surface area contributed by atoms with E-state index in [1.54, 1.807) is 20.8 Å². The van der Waals surface area contributed by atoms with Gasteiger partial charge in [-0.1, -0.05) is 27.7 Å². The third-order valence-corrected chi connectivity index (χ3v) is 4.76. The molecule has 0 heterocycles. The molecule has 0 spiro atoms. The molecule has 0 aliphatic heterocycles. The van der Waals surface area contributed by atoms with Crippen LogP contribution >= 0.6 is 25.3 Å². The second kappa shape index (κ2) is 28.1. The fourth-order valence-corrected chi connectivity index (χ4v) is 1.95. The Morgan fingerprint density at radius 1 is 0.588 bits per heavy atom. The molecule has 0 aromatic heterocycles. The highest BCUT2D eigenvalue weighted by Crippen LogP contribution is 1.91. The lowest BCUT2D eigenvalue weighted by molar-refractivity contribution is -0.145. The molecule has 0 fully saturated rings. The summed E-state index contributed by atoms with van der Waals surface area (Å²) in [5, 5.41) is 0. The topological polar surface area (TPSA) is 191 Å². The van der Waals surface area contributed by atoms with Crippen LogP contribution in [0.1, 0.15) is 67.2 Å². The molecule has 0 saturated carbocycles. The van der Waals surface area contributed by atoms with E-state index in [2.05, 4.69) is 34.7 Å². The zero-order valence-electron chi connectivity index (χ0n) is 21.6. The number of hydrogen-bond donors (Lipinski definition) is 6. The predicted molar refractivity (Wildman–Crippen MR) is 144 cm³/mol. The smallest absolute Gasteiger partial charge is 0.323 e. The molecule has 0 aromatic rings. The highest BCUT2D eigenvalue weighted by atomic mass is 32.1. The summed E-state index contributed by atoms with van der Waals surface area (Å²) in [7, 11) is 0. The van der Waals surface area contributed by atoms with Gasteiger partial charge in [-0.15, -0.1) is 0 Å². The van der Waals surface area contributed by atoms with Crippen molar-refractivity contribution in [3.05, 3.63) is 0 Å². The maximum Gasteiger partial charge on any atom is 0.323 e. The molecular weight excluding hydrogens is 480 g/mol. The molecule has 0 unspecified atom stereocenters. The van der Waals surface area contributed by atoms with Gasteiger partial charge in [0, 0.05) is 24.3 Å². The number of nitrogens with two attached hydrogens (primary N) is 4. The van der Waals surface area contributed by atoms with Gasteiger partial charge in [-0.3, -0.25) is 19.2 Å². The average Bonchev–Trinajstić information content (AvgIpc) is 2.86. The van der Waals surface area contributed by atoms with Gasteiger partial charge in [0.25, 0.3) is 0 Å². The van der Waals surface area contributed by atoms with Crippen molar-refractivity contribution in [2.24, 2.45) is 22.9 Å². The molecule has 0 aromatic carbocycles. The Morgan fingerprint density at radius 3 is 1.12 bits per heavy atom. The standard InChI is InChI=1S/C6H13NO2.C6H13NO.C5H11NO2S.C5H11NOS/c1-3-5(7)6(8)9-4-2;1-3-5(7)6(8)4-2;1-2-8-5(7)4(6)3-9;1-2-5(7)4(6)3-8/h5H,3-4,7H2,1-2H3;5H,3-4,7H2,1-2H3;4,9H,2-3,6H2,1H3;4,8H,2-3,6H2,1H3/t2*5-;2*4-/m0110/s1. The van der Waals surface area contributed by atoms with Crippen LogP contribution in [0.15, 0.2) is 0 Å². The van der Waals surface area contributed by atoms with Crippen LogP contribution in [0.25, 0.3) is 0 Å². The van der Waals surface area contributed by atoms with E-state index in [0.29, 0.717) is 44.0 Å². The molecule has 0 aliphatic rings. The summed E-state index contributed by atoms with van der Waals surface area (Å²) in [6.45, 7) is 11.7. The normalized spacial score (nSPS) is 13.1. The Balaban J connectivity index is -0.000000177. The van der Waals surface area contributed by atoms with Gasteiger partial charge in [0.05, 0.1) is 25.3 Å². The van der Waals surface area contributed by atoms with Crippen LogP contribution in [0.3, 0.4) is 0 Å². The van der Waals surface area contributed by atoms with E-state index >= 15 is 0 Å². The van der Waals surface area contributed by atoms with Crippen LogP contribution in [0, 0.1) is 0 Å². The van der Waals surface area contributed by atoms with E-state index in [1.807, 2.05) is 20.8 Å². The maximum atomic E-state index is 10.6. The number of esters is 2. The summed E-state index contributed by atoms with van der Waals surface area (Å²) in [4.78, 5) is 42.4. The SMILES string of the molecule is CCC(=O)[C@@H](N)CS.CCC(=O)[C@H](N)CC.CCOC(=O)[C@@H](N)CC.CCOC(=O)[C@H](N)CS. The van der Waals surface area contributed by atoms with Crippen molar-refractivity contribution in [1.82, 2.24) is 0 Å². The highest BCUT2D eigenvalue weighted by molar-refractivity contribution is 7.80. The predicted octanol–water partition coefficient (Wildman–Crippen LogP) is 1.02. The van der Waals surface area contributed by atoms with Crippen LogP contribution in [0.5, 0.6) is 0 Å². The molecule has 0 bridgehead atoms. The minimum atomic E-state index is -0.576. The van der Waals surface area contributed by atoms with E-state index < -0.39 is 12.1 Å². The summed E-state index contributed by atoms with van der Waals surface area (Å²) in [6.07, 6.45) is 2.47. The molecule has 34 heavy (non-hydrogen) atoms. The molecule has 0 aliphatic carbocycles. The molecule has 0 rings (SSSR count). The second-order valence-electron chi connectivity index (χ2n) is 6.75. The number of ketones is 2. The molecule has 0 radical (unpaired) electrons. The van der Waals surface area contributed by atoms with Crippen LogP contribution in [0.2, 0.25) is 0 Å². The van der Waals surface area contributed by atoms with Gasteiger partial charge in [-0.25, -0.2) is 0 Å². The Labute approximate surface area is 216 Å². The summed E-state index contributed by atoms with van der Waals surface area (Å²) in [5.41, 5.74) is 21.3. The monoisotopic (exact) mass is 528 g/mol. The maximum absolute atomic E-state index is 10.6. The van der Waals surface area contributed by atoms with E-state index in [-0.39, 0.29) is 35.6 Å². The fourth-order valence-electron chi connectivity index (χ4n) is 1.59. The first-order valence-corrected chi connectivity index (χ1v) is 12.8. The summed E-state index contributed by atoms with van der Waals surface area (Å²) < 4.78 is 9.21. The minimum absolute atomic E-state index is 0.0833. The first-order valence-electron chi connectivity index (χ1n) is 11.5. The Hall–Kier alpha value is -1.18. The minimum Gasteiger partial charge on any atom is -0.465 e. The van der Waals surface area contributed by atoms with Crippen molar-refractivity contribution in [3.8, 4) is 0 Å². The highest BCUT2D eigenvalue weighted by Gasteiger charge is 2.11. The second-order valence-corrected chi connectivity index (χ2v) is 7.48. The van der Waals surface area contributed by atoms with E-state index in [0.717, 1.165) is 6.42 Å². The number of thiol groups is 2. The van der Waals surface area contributed by atoms with Crippen molar-refractivity contribution in [3.63, 3.8) is 0 Å². The zero-order chi connectivity index (χ0) is 27.7. The Bertz CT molecular complexity index is 496. The van der Waals surface area contributed by atoms with Crippen molar-refractivity contribution < 1.29 is 28.7 Å². The molecule has 204 valence electrons. The van der Waals surface area contributed by atoms with Crippen LogP contribution in [-0.2, 0) is 28.7 Å². The average molecular weight is 529 g/mol. The third-order valence-electron chi connectivity index (χ3n) is 3.98. The molecule has 12 heteroatoms. The van der Waals surface area contributed by atoms with Gasteiger partial charge in [0.2, 0.25) is 0 Å². The largest absolute Gasteiger partial charge is 0.465 e. The first kappa shape index (κ1) is 40.0. The van der Waals surface area contributed by atoms with E-state index in [9.17, 15) is 19.2 Å². The van der Waals surface area contributed by atoms with Crippen molar-refractivity contribution in [1.29, 1.82) is 0 Å². The number of carbonyl (C=O) groups is 4. The molecular formula is C22H48N4O6S2. The van der Waals surface area contributed by atoms with Crippen molar-refractivity contribution >= 4 is 48.8 Å². The number of carbonyl (C=O) groups excluding carboxylic acids is 4. The van der Waals surface area contributed by atoms with E-state index in [1.165, 1.54) is 0 Å². The third kappa shape index (κ3) is 25.4. The lowest BCUT2D eigenvalue weighted by Gasteiger charge is -2.05. The van der Waals surface area contributed by atoms with Crippen molar-refractivity contribution in [2.75, 3.05) is 24.7 Å². The van der Waals surface area contributed by atoms with Crippen LogP contribution < -0.4 is 22.9 Å². The summed E-state index contributed by atoms with van der Waals surface area (Å²) in [5.74, 6) is 0.339. The quantitative estimate of drug-likeness (QED) is 0.157. The fraction of sp³-hybridized carbons (Fsp3) is 0.818. The summed E-state index contributed by atoms with van der Waals surface area (Å²) >= 11 is 7.68. The van der Waals surface area contributed by atoms with E-state index in [4.69, 9.17) is 22.9 Å². The lowest BCUT2D eigenvalue weighted by Crippen LogP contribution is -2.33.